The highest BCUT2D eigenvalue weighted by Crippen LogP contribution is 2.52. The minimum absolute atomic E-state index is 1.05. The second-order valence-electron chi connectivity index (χ2n) is 14.9. The van der Waals surface area contributed by atoms with Crippen LogP contribution in [0.25, 0.3) is 87.6 Å². The van der Waals surface area contributed by atoms with E-state index in [9.17, 15) is 0 Å². The van der Waals surface area contributed by atoms with Gasteiger partial charge in [0.15, 0.2) is 0 Å². The summed E-state index contributed by atoms with van der Waals surface area (Å²) in [7, 11) is 0. The van der Waals surface area contributed by atoms with Gasteiger partial charge in [0.05, 0.1) is 0 Å². The van der Waals surface area contributed by atoms with Crippen LogP contribution in [0.5, 0.6) is 0 Å². The highest BCUT2D eigenvalue weighted by molar-refractivity contribution is 6.29. The van der Waals surface area contributed by atoms with Crippen LogP contribution in [0.4, 0.5) is 0 Å². The molecule has 258 valence electrons. The molecule has 0 amide bonds. The van der Waals surface area contributed by atoms with Gasteiger partial charge in [0.2, 0.25) is 0 Å². The SMILES string of the molecule is C(#CC(=C1c2ccccc2-c2ccccc21)[c-]1c2ccccc2c2ccccc21)C(=C1c2ccccc2-c2ccccc21)c1c2ccccc2c2cccc[c-]12. The molecule has 0 N–H and O–H groups in total. The fourth-order valence-corrected chi connectivity index (χ4v) is 9.77. The van der Waals surface area contributed by atoms with E-state index in [4.69, 9.17) is 0 Å². The molecular formula is C56H32-2. The van der Waals surface area contributed by atoms with Gasteiger partial charge in [0.25, 0.3) is 0 Å². The normalized spacial score (nSPS) is 12.4. The molecule has 0 unspecified atom stereocenters. The number of hydrogen-bond acceptors (Lipinski definition) is 0. The topological polar surface area (TPSA) is 0 Å². The first-order valence-electron chi connectivity index (χ1n) is 19.4. The Kier molecular flexibility index (Phi) is 6.64. The Morgan fingerprint density at radius 1 is 0.321 bits per heavy atom. The number of fused-ring (bicyclic) bond motifs is 12. The van der Waals surface area contributed by atoms with Crippen LogP contribution >= 0.6 is 0 Å². The maximum Gasteiger partial charge on any atom is -0.0104 e. The quantitative estimate of drug-likeness (QED) is 0.124. The molecule has 12 rings (SSSR count). The van der Waals surface area contributed by atoms with E-state index in [0.29, 0.717) is 0 Å². The van der Waals surface area contributed by atoms with Crippen LogP contribution < -0.4 is 0 Å². The minimum Gasteiger partial charge on any atom is -0.138 e. The van der Waals surface area contributed by atoms with Crippen molar-refractivity contribution in [1.82, 2.24) is 0 Å². The monoisotopic (exact) mass is 704 g/mol. The van der Waals surface area contributed by atoms with Gasteiger partial charge in [-0.05, 0) is 66.8 Å². The lowest BCUT2D eigenvalue weighted by Crippen LogP contribution is -1.93. The number of rotatable bonds is 2. The molecule has 0 heteroatoms. The van der Waals surface area contributed by atoms with Crippen LogP contribution in [0.15, 0.2) is 194 Å². The molecule has 56 heavy (non-hydrogen) atoms. The maximum atomic E-state index is 4.06. The summed E-state index contributed by atoms with van der Waals surface area (Å²) in [6, 6.07) is 70.9. The van der Waals surface area contributed by atoms with Crippen molar-refractivity contribution in [3.05, 3.63) is 228 Å². The molecule has 0 saturated carbocycles. The predicted octanol–water partition coefficient (Wildman–Crippen LogP) is 14.3. The third-order valence-corrected chi connectivity index (χ3v) is 12.0. The second kappa shape index (κ2) is 12.0. The Balaban J connectivity index is 1.28. The Morgan fingerprint density at radius 3 is 1.21 bits per heavy atom. The summed E-state index contributed by atoms with van der Waals surface area (Å²) in [5, 5.41) is 9.91. The molecule has 10 aromatic carbocycles. The molecular weight excluding hydrogens is 673 g/mol. The van der Waals surface area contributed by atoms with Crippen molar-refractivity contribution in [3.63, 3.8) is 0 Å². The lowest BCUT2D eigenvalue weighted by molar-refractivity contribution is 1.65. The maximum absolute atomic E-state index is 4.06. The van der Waals surface area contributed by atoms with Crippen molar-refractivity contribution < 1.29 is 0 Å². The molecule has 0 fully saturated rings. The molecule has 0 nitrogen and oxygen atoms in total. The van der Waals surface area contributed by atoms with Crippen molar-refractivity contribution in [1.29, 1.82) is 0 Å². The van der Waals surface area contributed by atoms with Crippen molar-refractivity contribution in [2.24, 2.45) is 0 Å². The van der Waals surface area contributed by atoms with E-state index in [1.54, 1.807) is 0 Å². The Morgan fingerprint density at radius 2 is 0.696 bits per heavy atom. The lowest BCUT2D eigenvalue weighted by atomic mass is 9.89. The summed E-state index contributed by atoms with van der Waals surface area (Å²) in [5.41, 5.74) is 16.8. The fraction of sp³-hybridized carbons (Fsp3) is 0. The summed E-state index contributed by atoms with van der Waals surface area (Å²) >= 11 is 0. The van der Waals surface area contributed by atoms with Gasteiger partial charge >= 0.3 is 0 Å². The lowest BCUT2D eigenvalue weighted by Gasteiger charge is -2.18. The van der Waals surface area contributed by atoms with E-state index in [1.165, 1.54) is 110 Å². The molecule has 0 atom stereocenters. The summed E-state index contributed by atoms with van der Waals surface area (Å²) < 4.78 is 0. The van der Waals surface area contributed by atoms with Crippen LogP contribution in [-0.2, 0) is 0 Å². The summed E-state index contributed by atoms with van der Waals surface area (Å²) in [6.07, 6.45) is 0. The van der Waals surface area contributed by atoms with Gasteiger partial charge in [-0.25, -0.2) is 0 Å². The van der Waals surface area contributed by atoms with E-state index in [-0.39, 0.29) is 0 Å². The van der Waals surface area contributed by atoms with Crippen LogP contribution in [0, 0.1) is 11.8 Å². The summed E-state index contributed by atoms with van der Waals surface area (Å²) in [4.78, 5) is 0. The first-order chi connectivity index (χ1) is 27.8. The Bertz CT molecular complexity index is 2980. The fourth-order valence-electron chi connectivity index (χ4n) is 9.77. The first kappa shape index (κ1) is 30.9. The van der Waals surface area contributed by atoms with Crippen LogP contribution in [0.3, 0.4) is 0 Å². The number of hydrogen-bond donors (Lipinski definition) is 0. The van der Waals surface area contributed by atoms with Crippen LogP contribution in [0.1, 0.15) is 33.4 Å². The van der Waals surface area contributed by atoms with E-state index in [1.807, 2.05) is 0 Å². The highest BCUT2D eigenvalue weighted by atomic mass is 14.3. The van der Waals surface area contributed by atoms with E-state index in [2.05, 4.69) is 206 Å². The molecule has 0 bridgehead atoms. The highest BCUT2D eigenvalue weighted by Gasteiger charge is 2.27. The molecule has 0 aromatic heterocycles. The molecule has 0 radical (unpaired) electrons. The Labute approximate surface area is 325 Å². The third kappa shape index (κ3) is 4.32. The third-order valence-electron chi connectivity index (χ3n) is 12.0. The molecule has 10 aromatic rings. The van der Waals surface area contributed by atoms with Gasteiger partial charge in [-0.3, -0.25) is 0 Å². The number of allylic oxidation sites excluding steroid dienone is 2. The standard InChI is InChI=1S/C56H32/c1-9-25-43-35(17-1)36-18-2-10-26-44(36)53(43)51(54-45-27-11-3-19-37(45)38-20-4-12-28-46(38)54)33-34-52(55-47-29-13-5-21-39(47)40-22-6-14-30-48(40)55)56-49-31-15-7-23-41(49)42-24-8-16-32-50(42)56/h1-32H/q-2. The van der Waals surface area contributed by atoms with Gasteiger partial charge in [-0.2, -0.15) is 0 Å². The minimum atomic E-state index is 1.05. The van der Waals surface area contributed by atoms with Crippen molar-refractivity contribution >= 4 is 65.4 Å². The van der Waals surface area contributed by atoms with Gasteiger partial charge in [-0.15, -0.1) is 36.1 Å². The van der Waals surface area contributed by atoms with Crippen molar-refractivity contribution in [2.75, 3.05) is 0 Å². The average Bonchev–Trinajstić information content (AvgIpc) is 3.99. The zero-order valence-corrected chi connectivity index (χ0v) is 30.5. The molecule has 0 aliphatic heterocycles. The molecule has 0 spiro atoms. The zero-order valence-electron chi connectivity index (χ0n) is 30.5. The second-order valence-corrected chi connectivity index (χ2v) is 14.9. The molecule has 0 saturated heterocycles. The van der Waals surface area contributed by atoms with E-state index >= 15 is 0 Å². The Hall–Kier alpha value is -7.46. The number of benzene rings is 8. The zero-order chi connectivity index (χ0) is 36.7. The van der Waals surface area contributed by atoms with Gasteiger partial charge in [-0.1, -0.05) is 224 Å². The van der Waals surface area contributed by atoms with Gasteiger partial charge < -0.3 is 0 Å². The summed E-state index contributed by atoms with van der Waals surface area (Å²) in [5.74, 6) is 8.12. The first-order valence-corrected chi connectivity index (χ1v) is 19.4. The average molecular weight is 705 g/mol. The van der Waals surface area contributed by atoms with Crippen molar-refractivity contribution in [2.45, 2.75) is 0 Å². The molecule has 2 aliphatic carbocycles. The van der Waals surface area contributed by atoms with Gasteiger partial charge in [0.1, 0.15) is 0 Å². The van der Waals surface area contributed by atoms with E-state index < -0.39 is 0 Å². The smallest absolute Gasteiger partial charge is 0.0104 e. The summed E-state index contributed by atoms with van der Waals surface area (Å²) in [6.45, 7) is 0. The van der Waals surface area contributed by atoms with Gasteiger partial charge in [0, 0.05) is 0 Å². The molecule has 2 aliphatic rings. The largest absolute Gasteiger partial charge is 0.138 e. The van der Waals surface area contributed by atoms with Crippen LogP contribution in [0.2, 0.25) is 0 Å². The molecule has 0 heterocycles. The predicted molar refractivity (Wildman–Crippen MR) is 237 cm³/mol. The van der Waals surface area contributed by atoms with Crippen molar-refractivity contribution in [3.8, 4) is 34.1 Å². The van der Waals surface area contributed by atoms with Crippen LogP contribution in [-0.4, -0.2) is 0 Å². The van der Waals surface area contributed by atoms with E-state index in [0.717, 1.165) is 11.1 Å².